The minimum absolute atomic E-state index is 0.182. The van der Waals surface area contributed by atoms with Gasteiger partial charge in [0.25, 0.3) is 0 Å². The van der Waals surface area contributed by atoms with Crippen molar-refractivity contribution in [2.24, 2.45) is 0 Å². The predicted octanol–water partition coefficient (Wildman–Crippen LogP) is 3.23. The van der Waals surface area contributed by atoms with E-state index in [4.69, 9.17) is 0 Å². The van der Waals surface area contributed by atoms with Crippen LogP contribution in [0.2, 0.25) is 0 Å². The molecule has 0 radical (unpaired) electrons. The lowest BCUT2D eigenvalue weighted by molar-refractivity contribution is -0.114. The third kappa shape index (κ3) is 3.01. The van der Waals surface area contributed by atoms with Crippen molar-refractivity contribution in [2.45, 2.75) is 6.92 Å². The number of aromatic nitrogens is 3. The van der Waals surface area contributed by atoms with Gasteiger partial charge in [0.2, 0.25) is 5.91 Å². The SMILES string of the molecule is CC(=O)Nc1cc2c(C=Cc3ccc(F)cc3)n[nH]c2cn1. The number of fused-ring (bicyclic) bond motifs is 1. The molecule has 0 saturated heterocycles. The van der Waals surface area contributed by atoms with Gasteiger partial charge in [-0.25, -0.2) is 9.37 Å². The van der Waals surface area contributed by atoms with Crippen molar-refractivity contribution in [1.29, 1.82) is 0 Å². The molecule has 110 valence electrons. The van der Waals surface area contributed by atoms with Gasteiger partial charge in [-0.15, -0.1) is 0 Å². The number of rotatable bonds is 3. The Kier molecular flexibility index (Phi) is 3.65. The number of amides is 1. The Morgan fingerprint density at radius 1 is 1.27 bits per heavy atom. The number of halogens is 1. The second-order valence-corrected chi connectivity index (χ2v) is 4.79. The highest BCUT2D eigenvalue weighted by Crippen LogP contribution is 2.20. The molecular formula is C16H13FN4O. The smallest absolute Gasteiger partial charge is 0.222 e. The molecule has 2 heterocycles. The molecule has 0 aliphatic rings. The zero-order valence-electron chi connectivity index (χ0n) is 11.8. The molecule has 6 heteroatoms. The summed E-state index contributed by atoms with van der Waals surface area (Å²) in [6.07, 6.45) is 5.28. The summed E-state index contributed by atoms with van der Waals surface area (Å²) in [5.41, 5.74) is 2.36. The van der Waals surface area contributed by atoms with Gasteiger partial charge in [0.15, 0.2) is 0 Å². The van der Waals surface area contributed by atoms with Crippen LogP contribution in [0.25, 0.3) is 23.1 Å². The Balaban J connectivity index is 1.92. The second kappa shape index (κ2) is 5.77. The monoisotopic (exact) mass is 296 g/mol. The van der Waals surface area contributed by atoms with E-state index in [2.05, 4.69) is 20.5 Å². The first-order valence-corrected chi connectivity index (χ1v) is 6.67. The van der Waals surface area contributed by atoms with Gasteiger partial charge in [-0.1, -0.05) is 18.2 Å². The topological polar surface area (TPSA) is 70.7 Å². The Hall–Kier alpha value is -3.02. The van der Waals surface area contributed by atoms with E-state index in [-0.39, 0.29) is 11.7 Å². The van der Waals surface area contributed by atoms with Crippen LogP contribution in [0, 0.1) is 5.82 Å². The molecule has 22 heavy (non-hydrogen) atoms. The molecule has 1 amide bonds. The molecule has 3 aromatic rings. The first kappa shape index (κ1) is 13.9. The summed E-state index contributed by atoms with van der Waals surface area (Å²) in [7, 11) is 0. The van der Waals surface area contributed by atoms with Crippen LogP contribution in [-0.2, 0) is 4.79 Å². The van der Waals surface area contributed by atoms with Gasteiger partial charge >= 0.3 is 0 Å². The van der Waals surface area contributed by atoms with Crippen molar-refractivity contribution in [1.82, 2.24) is 15.2 Å². The molecular weight excluding hydrogens is 283 g/mol. The maximum atomic E-state index is 12.9. The van der Waals surface area contributed by atoms with E-state index in [1.54, 1.807) is 24.4 Å². The van der Waals surface area contributed by atoms with Crippen molar-refractivity contribution in [2.75, 3.05) is 5.32 Å². The van der Waals surface area contributed by atoms with Crippen LogP contribution in [-0.4, -0.2) is 21.1 Å². The summed E-state index contributed by atoms with van der Waals surface area (Å²) in [6, 6.07) is 7.93. The lowest BCUT2D eigenvalue weighted by Crippen LogP contribution is -2.06. The molecule has 0 unspecified atom stereocenters. The number of anilines is 1. The fourth-order valence-electron chi connectivity index (χ4n) is 2.06. The van der Waals surface area contributed by atoms with Crippen LogP contribution in [0.15, 0.2) is 36.5 Å². The summed E-state index contributed by atoms with van der Waals surface area (Å²) in [5.74, 6) is 0.0185. The van der Waals surface area contributed by atoms with E-state index in [1.165, 1.54) is 19.1 Å². The molecule has 0 saturated carbocycles. The van der Waals surface area contributed by atoms with Crippen molar-refractivity contribution >= 4 is 34.8 Å². The van der Waals surface area contributed by atoms with E-state index in [0.29, 0.717) is 11.5 Å². The molecule has 2 N–H and O–H groups in total. The molecule has 0 aliphatic carbocycles. The summed E-state index contributed by atoms with van der Waals surface area (Å²) < 4.78 is 12.9. The molecule has 3 rings (SSSR count). The highest BCUT2D eigenvalue weighted by molar-refractivity contribution is 5.94. The van der Waals surface area contributed by atoms with Gasteiger partial charge in [0.05, 0.1) is 17.4 Å². The summed E-state index contributed by atoms with van der Waals surface area (Å²) in [6.45, 7) is 1.43. The van der Waals surface area contributed by atoms with Gasteiger partial charge in [0.1, 0.15) is 11.6 Å². The van der Waals surface area contributed by atoms with E-state index in [0.717, 1.165) is 16.5 Å². The zero-order valence-corrected chi connectivity index (χ0v) is 11.8. The van der Waals surface area contributed by atoms with Crippen LogP contribution in [0.3, 0.4) is 0 Å². The van der Waals surface area contributed by atoms with Crippen molar-refractivity contribution < 1.29 is 9.18 Å². The Labute approximate surface area is 125 Å². The Morgan fingerprint density at radius 3 is 2.77 bits per heavy atom. The van der Waals surface area contributed by atoms with Crippen LogP contribution in [0.5, 0.6) is 0 Å². The number of nitrogens with one attached hydrogen (secondary N) is 2. The Morgan fingerprint density at radius 2 is 2.05 bits per heavy atom. The number of carbonyl (C=O) groups excluding carboxylic acids is 1. The van der Waals surface area contributed by atoms with E-state index >= 15 is 0 Å². The first-order valence-electron chi connectivity index (χ1n) is 6.67. The minimum Gasteiger partial charge on any atom is -0.311 e. The summed E-state index contributed by atoms with van der Waals surface area (Å²) in [4.78, 5) is 15.2. The number of H-pyrrole nitrogens is 1. The van der Waals surface area contributed by atoms with E-state index in [9.17, 15) is 9.18 Å². The molecule has 0 fully saturated rings. The molecule has 0 spiro atoms. The fraction of sp³-hybridized carbons (Fsp3) is 0.0625. The molecule has 1 aromatic carbocycles. The standard InChI is InChI=1S/C16H13FN4O/c1-10(22)19-16-8-13-14(20-21-15(13)9-18-16)7-4-11-2-5-12(17)6-3-11/h2-9H,1H3,(H,20,21)(H,18,19,22). The van der Waals surface area contributed by atoms with Gasteiger partial charge in [0, 0.05) is 12.3 Å². The third-order valence-corrected chi connectivity index (χ3v) is 3.08. The summed E-state index contributed by atoms with van der Waals surface area (Å²) >= 11 is 0. The van der Waals surface area contributed by atoms with Gasteiger partial charge in [-0.05, 0) is 29.8 Å². The van der Waals surface area contributed by atoms with Gasteiger partial charge in [-0.2, -0.15) is 5.10 Å². The normalized spacial score (nSPS) is 11.2. The number of aromatic amines is 1. The molecule has 0 atom stereocenters. The average molecular weight is 296 g/mol. The lowest BCUT2D eigenvalue weighted by Gasteiger charge is -2.00. The lowest BCUT2D eigenvalue weighted by atomic mass is 10.1. The maximum Gasteiger partial charge on any atom is 0.222 e. The number of pyridine rings is 1. The van der Waals surface area contributed by atoms with Crippen LogP contribution in [0.1, 0.15) is 18.2 Å². The molecule has 2 aromatic heterocycles. The number of benzene rings is 1. The number of hydrogen-bond donors (Lipinski definition) is 2. The van der Waals surface area contributed by atoms with E-state index in [1.807, 2.05) is 12.2 Å². The predicted molar refractivity (Wildman–Crippen MR) is 83.5 cm³/mol. The molecule has 5 nitrogen and oxygen atoms in total. The first-order chi connectivity index (χ1) is 10.6. The Bertz CT molecular complexity index is 852. The van der Waals surface area contributed by atoms with E-state index < -0.39 is 0 Å². The zero-order chi connectivity index (χ0) is 15.5. The van der Waals surface area contributed by atoms with Crippen LogP contribution < -0.4 is 5.32 Å². The van der Waals surface area contributed by atoms with Crippen molar-refractivity contribution in [3.8, 4) is 0 Å². The van der Waals surface area contributed by atoms with Gasteiger partial charge in [-0.3, -0.25) is 9.89 Å². The van der Waals surface area contributed by atoms with Gasteiger partial charge < -0.3 is 5.32 Å². The third-order valence-electron chi connectivity index (χ3n) is 3.08. The molecule has 0 aliphatic heterocycles. The van der Waals surface area contributed by atoms with Crippen LogP contribution in [0.4, 0.5) is 10.2 Å². The minimum atomic E-state index is -0.270. The summed E-state index contributed by atoms with van der Waals surface area (Å²) in [5, 5.41) is 10.6. The van der Waals surface area contributed by atoms with Crippen LogP contribution >= 0.6 is 0 Å². The second-order valence-electron chi connectivity index (χ2n) is 4.79. The number of hydrogen-bond acceptors (Lipinski definition) is 3. The quantitative estimate of drug-likeness (QED) is 0.779. The largest absolute Gasteiger partial charge is 0.311 e. The average Bonchev–Trinajstić information content (AvgIpc) is 2.88. The fourth-order valence-corrected chi connectivity index (χ4v) is 2.06. The number of nitrogens with zero attached hydrogens (tertiary/aromatic N) is 2. The maximum absolute atomic E-state index is 12.9. The molecule has 0 bridgehead atoms. The number of carbonyl (C=O) groups is 1. The van der Waals surface area contributed by atoms with Crippen molar-refractivity contribution in [3.63, 3.8) is 0 Å². The van der Waals surface area contributed by atoms with Crippen molar-refractivity contribution in [3.05, 3.63) is 53.6 Å². The highest BCUT2D eigenvalue weighted by Gasteiger charge is 2.06. The highest BCUT2D eigenvalue weighted by atomic mass is 19.1.